The van der Waals surface area contributed by atoms with Gasteiger partial charge in [-0.2, -0.15) is 0 Å². The van der Waals surface area contributed by atoms with Crippen LogP contribution >= 0.6 is 11.9 Å². The topological polar surface area (TPSA) is 80.2 Å². The summed E-state index contributed by atoms with van der Waals surface area (Å²) in [5.41, 5.74) is 9.54. The van der Waals surface area contributed by atoms with Crippen molar-refractivity contribution in [2.45, 2.75) is 4.90 Å². The first-order chi connectivity index (χ1) is 11.7. The Hall–Kier alpha value is -2.70. The first-order valence-electron chi connectivity index (χ1n) is 7.45. The number of nitrogens with one attached hydrogen (secondary N) is 1. The minimum atomic E-state index is 0.752. The fourth-order valence-electron chi connectivity index (χ4n) is 2.34. The Bertz CT molecular complexity index is 820. The lowest BCUT2D eigenvalue weighted by atomic mass is 10.2. The zero-order chi connectivity index (χ0) is 16.9. The van der Waals surface area contributed by atoms with E-state index in [0.29, 0.717) is 0 Å². The molecular weight excluding hydrogens is 318 g/mol. The molecule has 1 aromatic heterocycles. The van der Waals surface area contributed by atoms with Crippen LogP contribution in [0.15, 0.2) is 71.8 Å². The molecule has 0 aliphatic carbocycles. The Balaban J connectivity index is 1.81. The summed E-state index contributed by atoms with van der Waals surface area (Å²) in [5.74, 6) is 0.772. The average molecular weight is 337 g/mol. The minimum absolute atomic E-state index is 0.752. The summed E-state index contributed by atoms with van der Waals surface area (Å²) < 4.78 is 0. The number of hydrogen-bond donors (Lipinski definition) is 3. The quantitative estimate of drug-likeness (QED) is 0.479. The monoisotopic (exact) mass is 337 g/mol. The molecule has 5 nitrogen and oxygen atoms in total. The number of hydrogen-bond acceptors (Lipinski definition) is 6. The molecule has 24 heavy (non-hydrogen) atoms. The van der Waals surface area contributed by atoms with Crippen LogP contribution in [0.2, 0.25) is 0 Å². The lowest BCUT2D eigenvalue weighted by molar-refractivity contribution is 1.19. The molecule has 0 unspecified atom stereocenters. The standard InChI is InChI=1S/C18H19N5S/c1-23(15-7-5-13(19)6-8-15)16-9-10-21-18(12-16)22-14-3-2-4-17(11-14)24-20/h2-12H,19-20H2,1H3,(H,21,22). The average Bonchev–Trinajstić information content (AvgIpc) is 2.62. The molecule has 6 heteroatoms. The highest BCUT2D eigenvalue weighted by Gasteiger charge is 2.06. The van der Waals surface area contributed by atoms with Gasteiger partial charge in [-0.3, -0.25) is 5.14 Å². The molecule has 0 fully saturated rings. The number of rotatable bonds is 5. The van der Waals surface area contributed by atoms with Crippen molar-refractivity contribution in [1.29, 1.82) is 0 Å². The van der Waals surface area contributed by atoms with Gasteiger partial charge in [-0.25, -0.2) is 4.98 Å². The predicted octanol–water partition coefficient (Wildman–Crippen LogP) is 4.14. The lowest BCUT2D eigenvalue weighted by Crippen LogP contribution is -2.10. The van der Waals surface area contributed by atoms with Crippen molar-refractivity contribution < 1.29 is 0 Å². The van der Waals surface area contributed by atoms with Gasteiger partial charge in [0.1, 0.15) is 5.82 Å². The van der Waals surface area contributed by atoms with E-state index < -0.39 is 0 Å². The Morgan fingerprint density at radius 1 is 1.00 bits per heavy atom. The smallest absolute Gasteiger partial charge is 0.132 e. The number of pyridine rings is 1. The maximum Gasteiger partial charge on any atom is 0.132 e. The molecule has 0 aliphatic rings. The van der Waals surface area contributed by atoms with Crippen LogP contribution in [0.5, 0.6) is 0 Å². The van der Waals surface area contributed by atoms with Gasteiger partial charge in [-0.1, -0.05) is 6.07 Å². The van der Waals surface area contributed by atoms with Crippen molar-refractivity contribution in [3.05, 3.63) is 66.9 Å². The van der Waals surface area contributed by atoms with E-state index in [1.165, 1.54) is 11.9 Å². The maximum absolute atomic E-state index is 5.75. The Morgan fingerprint density at radius 2 is 1.79 bits per heavy atom. The second-order valence-corrected chi connectivity index (χ2v) is 6.03. The number of nitrogen functional groups attached to an aromatic ring is 1. The molecule has 0 saturated carbocycles. The molecule has 0 atom stereocenters. The third kappa shape index (κ3) is 3.79. The Kier molecular flexibility index (Phi) is 4.88. The molecule has 0 spiro atoms. The van der Waals surface area contributed by atoms with Crippen molar-refractivity contribution in [2.75, 3.05) is 23.0 Å². The number of benzene rings is 2. The van der Waals surface area contributed by atoms with Crippen molar-refractivity contribution in [2.24, 2.45) is 5.14 Å². The van der Waals surface area contributed by atoms with E-state index in [1.807, 2.05) is 67.7 Å². The molecular formula is C18H19N5S. The van der Waals surface area contributed by atoms with E-state index in [0.717, 1.165) is 33.5 Å². The molecule has 3 aromatic rings. The summed E-state index contributed by atoms with van der Waals surface area (Å²) in [6, 6.07) is 19.6. The number of anilines is 5. The molecule has 0 bridgehead atoms. The van der Waals surface area contributed by atoms with Crippen molar-refractivity contribution in [3.8, 4) is 0 Å². The summed E-state index contributed by atoms with van der Waals surface area (Å²) in [6.07, 6.45) is 1.78. The number of aromatic nitrogens is 1. The molecule has 2 aromatic carbocycles. The molecule has 0 amide bonds. The van der Waals surface area contributed by atoms with Crippen LogP contribution in [0, 0.1) is 0 Å². The summed E-state index contributed by atoms with van der Waals surface area (Å²) in [5, 5.41) is 8.92. The molecule has 5 N–H and O–H groups in total. The van der Waals surface area contributed by atoms with Crippen LogP contribution < -0.4 is 21.1 Å². The highest BCUT2D eigenvalue weighted by atomic mass is 32.2. The highest BCUT2D eigenvalue weighted by molar-refractivity contribution is 7.97. The number of nitrogens with zero attached hydrogens (tertiary/aromatic N) is 2. The summed E-state index contributed by atoms with van der Waals surface area (Å²) in [7, 11) is 2.01. The maximum atomic E-state index is 5.75. The van der Waals surface area contributed by atoms with E-state index in [9.17, 15) is 0 Å². The fraction of sp³-hybridized carbons (Fsp3) is 0.0556. The Morgan fingerprint density at radius 3 is 2.54 bits per heavy atom. The zero-order valence-corrected chi connectivity index (χ0v) is 14.1. The second kappa shape index (κ2) is 7.25. The largest absolute Gasteiger partial charge is 0.399 e. The van der Waals surface area contributed by atoms with Gasteiger partial charge in [0.2, 0.25) is 0 Å². The fourth-order valence-corrected chi connectivity index (χ4v) is 2.69. The van der Waals surface area contributed by atoms with Crippen LogP contribution in [0.3, 0.4) is 0 Å². The summed E-state index contributed by atoms with van der Waals surface area (Å²) >= 11 is 1.22. The zero-order valence-electron chi connectivity index (χ0n) is 13.3. The van der Waals surface area contributed by atoms with Gasteiger partial charge in [-0.15, -0.1) is 0 Å². The normalized spacial score (nSPS) is 10.4. The van der Waals surface area contributed by atoms with Gasteiger partial charge < -0.3 is 16.0 Å². The van der Waals surface area contributed by atoms with Crippen LogP contribution in [-0.4, -0.2) is 12.0 Å². The van der Waals surface area contributed by atoms with Gasteiger partial charge in [0.05, 0.1) is 0 Å². The summed E-state index contributed by atoms with van der Waals surface area (Å²) in [6.45, 7) is 0. The van der Waals surface area contributed by atoms with Gasteiger partial charge >= 0.3 is 0 Å². The molecule has 3 rings (SSSR count). The summed E-state index contributed by atoms with van der Waals surface area (Å²) in [4.78, 5) is 7.46. The number of nitrogens with two attached hydrogens (primary N) is 2. The second-order valence-electron chi connectivity index (χ2n) is 5.32. The molecule has 122 valence electrons. The molecule has 0 saturated heterocycles. The van der Waals surface area contributed by atoms with Gasteiger partial charge in [0.15, 0.2) is 0 Å². The van der Waals surface area contributed by atoms with Gasteiger partial charge in [0.25, 0.3) is 0 Å². The van der Waals surface area contributed by atoms with E-state index >= 15 is 0 Å². The highest BCUT2D eigenvalue weighted by Crippen LogP contribution is 2.27. The van der Waals surface area contributed by atoms with Crippen LogP contribution in [-0.2, 0) is 0 Å². The van der Waals surface area contributed by atoms with Crippen molar-refractivity contribution in [1.82, 2.24) is 4.98 Å². The van der Waals surface area contributed by atoms with E-state index in [-0.39, 0.29) is 0 Å². The van der Waals surface area contributed by atoms with Gasteiger partial charge in [0, 0.05) is 47.0 Å². The van der Waals surface area contributed by atoms with Gasteiger partial charge in [-0.05, 0) is 60.5 Å². The van der Waals surface area contributed by atoms with E-state index in [4.69, 9.17) is 10.9 Å². The first kappa shape index (κ1) is 16.2. The lowest BCUT2D eigenvalue weighted by Gasteiger charge is -2.20. The SMILES string of the molecule is CN(c1ccc(N)cc1)c1ccnc(Nc2cccc(SN)c2)c1. The predicted molar refractivity (Wildman–Crippen MR) is 103 cm³/mol. The third-order valence-corrected chi connectivity index (χ3v) is 4.18. The van der Waals surface area contributed by atoms with E-state index in [2.05, 4.69) is 15.2 Å². The molecule has 1 heterocycles. The van der Waals surface area contributed by atoms with Crippen LogP contribution in [0.1, 0.15) is 0 Å². The van der Waals surface area contributed by atoms with Crippen molar-refractivity contribution >= 4 is 40.5 Å². The van der Waals surface area contributed by atoms with Crippen LogP contribution in [0.4, 0.5) is 28.6 Å². The third-order valence-electron chi connectivity index (χ3n) is 3.65. The first-order valence-corrected chi connectivity index (χ1v) is 8.33. The molecule has 0 aliphatic heterocycles. The molecule has 0 radical (unpaired) electrons. The minimum Gasteiger partial charge on any atom is -0.399 e. The van der Waals surface area contributed by atoms with Crippen molar-refractivity contribution in [3.63, 3.8) is 0 Å². The van der Waals surface area contributed by atoms with E-state index in [1.54, 1.807) is 6.20 Å². The van der Waals surface area contributed by atoms with Crippen LogP contribution in [0.25, 0.3) is 0 Å². The Labute approximate surface area is 145 Å².